The quantitative estimate of drug-likeness (QED) is 0.521. The number of nitrogens with one attached hydrogen (secondary N) is 2. The van der Waals surface area contributed by atoms with E-state index in [9.17, 15) is 18.4 Å². The maximum Gasteiger partial charge on any atom is 0.322 e. The van der Waals surface area contributed by atoms with E-state index in [1.54, 1.807) is 17.9 Å². The number of urea groups is 1. The lowest BCUT2D eigenvalue weighted by Gasteiger charge is -2.23. The highest BCUT2D eigenvalue weighted by Crippen LogP contribution is 2.28. The Labute approximate surface area is 184 Å². The van der Waals surface area contributed by atoms with E-state index in [1.165, 1.54) is 42.7 Å². The lowest BCUT2D eigenvalue weighted by molar-refractivity contribution is 0.102. The van der Waals surface area contributed by atoms with Gasteiger partial charge in [-0.15, -0.1) is 0 Å². The molecule has 0 saturated heterocycles. The van der Waals surface area contributed by atoms with Crippen LogP contribution in [0.5, 0.6) is 0 Å². The van der Waals surface area contributed by atoms with Crippen molar-refractivity contribution in [3.05, 3.63) is 83.3 Å². The minimum atomic E-state index is -0.623. The Bertz CT molecular complexity index is 1140. The molecule has 2 N–H and O–H groups in total. The third-order valence-electron chi connectivity index (χ3n) is 5.35. The average Bonchev–Trinajstić information content (AvgIpc) is 3.50. The van der Waals surface area contributed by atoms with Crippen LogP contribution in [0.4, 0.5) is 25.0 Å². The van der Waals surface area contributed by atoms with Crippen molar-refractivity contribution in [1.82, 2.24) is 4.90 Å². The van der Waals surface area contributed by atoms with Crippen LogP contribution < -0.4 is 10.6 Å². The molecule has 3 aromatic rings. The topological polar surface area (TPSA) is 74.6 Å². The predicted molar refractivity (Wildman–Crippen MR) is 117 cm³/mol. The summed E-state index contributed by atoms with van der Waals surface area (Å²) in [5.74, 6) is -1.02. The molecular weight excluding hydrogens is 416 g/mol. The second-order valence-electron chi connectivity index (χ2n) is 7.77. The molecule has 0 radical (unpaired) electrons. The summed E-state index contributed by atoms with van der Waals surface area (Å²) in [5, 5.41) is 5.28. The first-order chi connectivity index (χ1) is 15.4. The van der Waals surface area contributed by atoms with Gasteiger partial charge in [0.05, 0.1) is 17.5 Å². The van der Waals surface area contributed by atoms with Crippen molar-refractivity contribution in [1.29, 1.82) is 0 Å². The van der Waals surface area contributed by atoms with Crippen LogP contribution in [0.15, 0.2) is 59.2 Å². The van der Waals surface area contributed by atoms with Gasteiger partial charge in [-0.3, -0.25) is 4.79 Å². The number of nitrogens with zero attached hydrogens (tertiary/aromatic N) is 1. The molecule has 2 aromatic carbocycles. The average molecular weight is 439 g/mol. The van der Waals surface area contributed by atoms with Gasteiger partial charge < -0.3 is 20.0 Å². The van der Waals surface area contributed by atoms with E-state index < -0.39 is 11.7 Å². The van der Waals surface area contributed by atoms with Crippen molar-refractivity contribution in [3.63, 3.8) is 0 Å². The first-order valence-corrected chi connectivity index (χ1v) is 10.4. The van der Waals surface area contributed by atoms with Crippen molar-refractivity contribution >= 4 is 23.3 Å². The maximum atomic E-state index is 14.3. The van der Waals surface area contributed by atoms with Crippen LogP contribution in [0.3, 0.4) is 0 Å². The van der Waals surface area contributed by atoms with E-state index in [0.29, 0.717) is 30.0 Å². The highest BCUT2D eigenvalue weighted by Gasteiger charge is 2.32. The van der Waals surface area contributed by atoms with Crippen LogP contribution >= 0.6 is 0 Å². The standard InChI is InChI=1S/C24H23F2N3O3/c1-15-20(10-12-32-15)23(30)28-22-14-18(5-8-21(22)26)27-24(31)29(19-6-7-19)11-9-16-3-2-4-17(25)13-16/h2-5,8,10,12-14,19H,6-7,9,11H2,1H3,(H,27,31)(H,28,30). The van der Waals surface area contributed by atoms with Gasteiger partial charge in [0.1, 0.15) is 17.4 Å². The van der Waals surface area contributed by atoms with Gasteiger partial charge in [0.25, 0.3) is 5.91 Å². The summed E-state index contributed by atoms with van der Waals surface area (Å²) < 4.78 is 32.8. The summed E-state index contributed by atoms with van der Waals surface area (Å²) in [7, 11) is 0. The number of amides is 3. The Hall–Kier alpha value is -3.68. The third kappa shape index (κ3) is 5.14. The van der Waals surface area contributed by atoms with Crippen LogP contribution in [0.2, 0.25) is 0 Å². The van der Waals surface area contributed by atoms with Crippen LogP contribution in [-0.2, 0) is 6.42 Å². The summed E-state index contributed by atoms with van der Waals surface area (Å²) in [6, 6.07) is 11.6. The highest BCUT2D eigenvalue weighted by atomic mass is 19.1. The molecule has 1 aliphatic rings. The molecule has 1 aromatic heterocycles. The molecule has 1 aliphatic carbocycles. The van der Waals surface area contributed by atoms with Gasteiger partial charge in [0.15, 0.2) is 0 Å². The van der Waals surface area contributed by atoms with E-state index in [4.69, 9.17) is 4.42 Å². The molecule has 1 saturated carbocycles. The fourth-order valence-electron chi connectivity index (χ4n) is 3.48. The van der Waals surface area contributed by atoms with Gasteiger partial charge in [-0.25, -0.2) is 13.6 Å². The SMILES string of the molecule is Cc1occc1C(=O)Nc1cc(NC(=O)N(CCc2cccc(F)c2)C2CC2)ccc1F. The molecule has 32 heavy (non-hydrogen) atoms. The van der Waals surface area contributed by atoms with E-state index in [2.05, 4.69) is 10.6 Å². The van der Waals surface area contributed by atoms with E-state index >= 15 is 0 Å². The van der Waals surface area contributed by atoms with E-state index in [0.717, 1.165) is 18.4 Å². The van der Waals surface area contributed by atoms with Crippen LogP contribution in [0.1, 0.15) is 34.5 Å². The molecule has 0 unspecified atom stereocenters. The fraction of sp³-hybridized carbons (Fsp3) is 0.250. The maximum absolute atomic E-state index is 14.3. The van der Waals surface area contributed by atoms with Gasteiger partial charge >= 0.3 is 6.03 Å². The summed E-state index contributed by atoms with van der Waals surface area (Å²) in [4.78, 5) is 27.0. The van der Waals surface area contributed by atoms with Crippen LogP contribution in [-0.4, -0.2) is 29.4 Å². The monoisotopic (exact) mass is 439 g/mol. The smallest absolute Gasteiger partial charge is 0.322 e. The number of rotatable bonds is 7. The number of aryl methyl sites for hydroxylation is 1. The van der Waals surface area contributed by atoms with Crippen molar-refractivity contribution < 1.29 is 22.8 Å². The molecule has 6 nitrogen and oxygen atoms in total. The number of furan rings is 1. The van der Waals surface area contributed by atoms with Gasteiger partial charge in [-0.1, -0.05) is 12.1 Å². The molecule has 166 valence electrons. The number of benzene rings is 2. The van der Waals surface area contributed by atoms with Crippen molar-refractivity contribution in [2.75, 3.05) is 17.2 Å². The lowest BCUT2D eigenvalue weighted by Crippen LogP contribution is -2.38. The minimum Gasteiger partial charge on any atom is -0.469 e. The van der Waals surface area contributed by atoms with Crippen molar-refractivity contribution in [3.8, 4) is 0 Å². The molecule has 0 spiro atoms. The first-order valence-electron chi connectivity index (χ1n) is 10.4. The molecular formula is C24H23F2N3O3. The molecule has 0 bridgehead atoms. The first kappa shape index (κ1) is 21.5. The minimum absolute atomic E-state index is 0.0499. The van der Waals surface area contributed by atoms with Gasteiger partial charge in [0.2, 0.25) is 0 Å². The molecule has 0 atom stereocenters. The van der Waals surface area contributed by atoms with E-state index in [1.807, 2.05) is 6.07 Å². The van der Waals surface area contributed by atoms with Gasteiger partial charge in [-0.05, 0) is 68.1 Å². The predicted octanol–water partition coefficient (Wildman–Crippen LogP) is 5.36. The van der Waals surface area contributed by atoms with Crippen molar-refractivity contribution in [2.45, 2.75) is 32.2 Å². The highest BCUT2D eigenvalue weighted by molar-refractivity contribution is 6.05. The number of carbonyl (C=O) groups is 2. The zero-order valence-electron chi connectivity index (χ0n) is 17.5. The molecule has 1 fully saturated rings. The van der Waals surface area contributed by atoms with Crippen LogP contribution in [0.25, 0.3) is 0 Å². The number of halogens is 2. The van der Waals surface area contributed by atoms with Crippen LogP contribution in [0, 0.1) is 18.6 Å². The zero-order valence-corrected chi connectivity index (χ0v) is 17.5. The van der Waals surface area contributed by atoms with E-state index in [-0.39, 0.29) is 23.6 Å². The second-order valence-corrected chi connectivity index (χ2v) is 7.77. The number of hydrogen-bond donors (Lipinski definition) is 2. The summed E-state index contributed by atoms with van der Waals surface area (Å²) in [6.45, 7) is 2.07. The molecule has 8 heteroatoms. The zero-order chi connectivity index (χ0) is 22.7. The summed E-state index contributed by atoms with van der Waals surface area (Å²) >= 11 is 0. The number of carbonyl (C=O) groups excluding carboxylic acids is 2. The molecule has 0 aliphatic heterocycles. The molecule has 3 amide bonds. The molecule has 4 rings (SSSR count). The Morgan fingerprint density at radius 2 is 1.91 bits per heavy atom. The molecule has 1 heterocycles. The summed E-state index contributed by atoms with van der Waals surface area (Å²) in [5.41, 5.74) is 1.42. The summed E-state index contributed by atoms with van der Waals surface area (Å²) in [6.07, 6.45) is 3.72. The normalized spacial score (nSPS) is 13.0. The van der Waals surface area contributed by atoms with Gasteiger partial charge in [-0.2, -0.15) is 0 Å². The number of anilines is 2. The Balaban J connectivity index is 1.43. The Morgan fingerprint density at radius 3 is 2.59 bits per heavy atom. The largest absolute Gasteiger partial charge is 0.469 e. The second kappa shape index (κ2) is 9.21. The lowest BCUT2D eigenvalue weighted by atomic mass is 10.1. The van der Waals surface area contributed by atoms with Crippen molar-refractivity contribution in [2.24, 2.45) is 0 Å². The Kier molecular flexibility index (Phi) is 6.20. The fourth-order valence-corrected chi connectivity index (χ4v) is 3.48. The Morgan fingerprint density at radius 1 is 1.09 bits per heavy atom. The number of hydrogen-bond acceptors (Lipinski definition) is 3. The third-order valence-corrected chi connectivity index (χ3v) is 5.35. The van der Waals surface area contributed by atoms with Gasteiger partial charge in [0, 0.05) is 18.3 Å².